The van der Waals surface area contributed by atoms with Gasteiger partial charge in [0.15, 0.2) is 0 Å². The van der Waals surface area contributed by atoms with Gasteiger partial charge in [-0.2, -0.15) is 0 Å². The molecule has 0 aliphatic carbocycles. The van der Waals surface area contributed by atoms with Gasteiger partial charge in [0.25, 0.3) is 0 Å². The van der Waals surface area contributed by atoms with Crippen LogP contribution in [0.3, 0.4) is 0 Å². The Morgan fingerprint density at radius 1 is 1.45 bits per heavy atom. The average Bonchev–Trinajstić information content (AvgIpc) is 2.40. The summed E-state index contributed by atoms with van der Waals surface area (Å²) in [4.78, 5) is 14.2. The molecule has 0 aliphatic heterocycles. The van der Waals surface area contributed by atoms with Crippen LogP contribution in [0.1, 0.15) is 27.2 Å². The van der Waals surface area contributed by atoms with Crippen molar-refractivity contribution in [1.82, 2.24) is 4.90 Å². The number of carbonyl (C=O) groups is 1. The monoisotopic (exact) mass is 281 g/mol. The fraction of sp³-hybridized carbons (Fsp3) is 0.533. The molecule has 1 aromatic rings. The lowest BCUT2D eigenvalue weighted by atomic mass is 10.1. The van der Waals surface area contributed by atoms with Gasteiger partial charge in [-0.1, -0.05) is 20.3 Å². The van der Waals surface area contributed by atoms with Gasteiger partial charge in [-0.25, -0.2) is 4.39 Å². The topological polar surface area (TPSA) is 58.4 Å². The van der Waals surface area contributed by atoms with E-state index < -0.39 is 5.82 Å². The molecule has 20 heavy (non-hydrogen) atoms. The molecule has 0 aromatic heterocycles. The molecule has 3 N–H and O–H groups in total. The number of hydrogen-bond donors (Lipinski definition) is 2. The van der Waals surface area contributed by atoms with E-state index in [1.54, 1.807) is 0 Å². The second-order valence-electron chi connectivity index (χ2n) is 5.35. The Labute approximate surface area is 120 Å². The Balaban J connectivity index is 2.65. The second kappa shape index (κ2) is 7.24. The lowest BCUT2D eigenvalue weighted by Gasteiger charge is -2.26. The van der Waals surface area contributed by atoms with Gasteiger partial charge in [0.05, 0.1) is 17.4 Å². The van der Waals surface area contributed by atoms with Crippen LogP contribution in [-0.4, -0.2) is 30.4 Å². The predicted octanol–water partition coefficient (Wildman–Crippen LogP) is 2.71. The van der Waals surface area contributed by atoms with Crippen molar-refractivity contribution in [3.8, 4) is 0 Å². The van der Waals surface area contributed by atoms with E-state index in [1.165, 1.54) is 18.2 Å². The molecule has 0 radical (unpaired) electrons. The molecule has 0 bridgehead atoms. The number of hydrogen-bond acceptors (Lipinski definition) is 3. The van der Waals surface area contributed by atoms with Crippen molar-refractivity contribution in [2.75, 3.05) is 24.6 Å². The van der Waals surface area contributed by atoms with Crippen LogP contribution >= 0.6 is 0 Å². The van der Waals surface area contributed by atoms with Gasteiger partial charge in [-0.3, -0.25) is 9.69 Å². The van der Waals surface area contributed by atoms with E-state index in [0.717, 1.165) is 13.0 Å². The highest BCUT2D eigenvalue weighted by atomic mass is 19.1. The summed E-state index contributed by atoms with van der Waals surface area (Å²) in [6.45, 7) is 6.98. The van der Waals surface area contributed by atoms with Crippen molar-refractivity contribution < 1.29 is 9.18 Å². The van der Waals surface area contributed by atoms with Crippen LogP contribution in [0.15, 0.2) is 18.2 Å². The molecule has 0 aliphatic rings. The zero-order valence-electron chi connectivity index (χ0n) is 12.6. The minimum atomic E-state index is -0.414. The molecular formula is C15H24FN3O. The van der Waals surface area contributed by atoms with Crippen LogP contribution in [0, 0.1) is 11.7 Å². The summed E-state index contributed by atoms with van der Waals surface area (Å²) in [6, 6.07) is 3.68. The van der Waals surface area contributed by atoms with Crippen molar-refractivity contribution in [1.29, 1.82) is 0 Å². The first-order valence-electron chi connectivity index (χ1n) is 6.91. The quantitative estimate of drug-likeness (QED) is 0.788. The first kappa shape index (κ1) is 16.4. The molecule has 0 saturated carbocycles. The third kappa shape index (κ3) is 4.49. The Morgan fingerprint density at radius 3 is 2.65 bits per heavy atom. The number of anilines is 2. The van der Waals surface area contributed by atoms with Crippen LogP contribution < -0.4 is 11.1 Å². The summed E-state index contributed by atoms with van der Waals surface area (Å²) in [6.07, 6.45) is 1.07. The molecule has 0 fully saturated rings. The molecule has 4 nitrogen and oxygen atoms in total. The largest absolute Gasteiger partial charge is 0.397 e. The van der Waals surface area contributed by atoms with Gasteiger partial charge < -0.3 is 11.1 Å². The summed E-state index contributed by atoms with van der Waals surface area (Å²) in [7, 11) is 1.92. The SMILES string of the molecule is CCC(C)CN(C)C(C)C(=O)Nc1ccc(F)cc1N. The van der Waals surface area contributed by atoms with E-state index >= 15 is 0 Å². The van der Waals surface area contributed by atoms with Gasteiger partial charge in [0.1, 0.15) is 5.82 Å². The Kier molecular flexibility index (Phi) is 5.95. The lowest BCUT2D eigenvalue weighted by molar-refractivity contribution is -0.120. The zero-order chi connectivity index (χ0) is 15.3. The summed E-state index contributed by atoms with van der Waals surface area (Å²) < 4.78 is 13.0. The zero-order valence-corrected chi connectivity index (χ0v) is 12.6. The van der Waals surface area contributed by atoms with E-state index in [9.17, 15) is 9.18 Å². The number of nitrogen functional groups attached to an aromatic ring is 1. The smallest absolute Gasteiger partial charge is 0.241 e. The fourth-order valence-corrected chi connectivity index (χ4v) is 1.86. The summed E-state index contributed by atoms with van der Waals surface area (Å²) >= 11 is 0. The second-order valence-corrected chi connectivity index (χ2v) is 5.35. The number of amides is 1. The van der Waals surface area contributed by atoms with Gasteiger partial charge >= 0.3 is 0 Å². The molecule has 0 spiro atoms. The van der Waals surface area contributed by atoms with Crippen LogP contribution in [0.25, 0.3) is 0 Å². The van der Waals surface area contributed by atoms with E-state index in [2.05, 4.69) is 19.2 Å². The maximum Gasteiger partial charge on any atom is 0.241 e. The van der Waals surface area contributed by atoms with Crippen LogP contribution in [0.2, 0.25) is 0 Å². The van der Waals surface area contributed by atoms with E-state index in [-0.39, 0.29) is 17.6 Å². The predicted molar refractivity (Wildman–Crippen MR) is 81.0 cm³/mol. The maximum atomic E-state index is 13.0. The molecule has 0 saturated heterocycles. The minimum Gasteiger partial charge on any atom is -0.397 e. The van der Waals surface area contributed by atoms with Crippen molar-refractivity contribution in [2.24, 2.45) is 5.92 Å². The summed E-state index contributed by atoms with van der Waals surface area (Å²) in [5.41, 5.74) is 6.36. The molecule has 1 rings (SSSR count). The van der Waals surface area contributed by atoms with E-state index in [0.29, 0.717) is 11.6 Å². The first-order valence-corrected chi connectivity index (χ1v) is 6.91. The highest BCUT2D eigenvalue weighted by Gasteiger charge is 2.19. The molecule has 5 heteroatoms. The highest BCUT2D eigenvalue weighted by Crippen LogP contribution is 2.19. The number of nitrogens with two attached hydrogens (primary N) is 1. The minimum absolute atomic E-state index is 0.144. The third-order valence-corrected chi connectivity index (χ3v) is 3.61. The standard InChI is InChI=1S/C15H24FN3O/c1-5-10(2)9-19(4)11(3)15(20)18-14-7-6-12(16)8-13(14)17/h6-8,10-11H,5,9,17H2,1-4H3,(H,18,20). The third-order valence-electron chi connectivity index (χ3n) is 3.61. The van der Waals surface area contributed by atoms with Crippen molar-refractivity contribution >= 4 is 17.3 Å². The van der Waals surface area contributed by atoms with Gasteiger partial charge in [0.2, 0.25) is 5.91 Å². The molecular weight excluding hydrogens is 257 g/mol. The lowest BCUT2D eigenvalue weighted by Crippen LogP contribution is -2.41. The van der Waals surface area contributed by atoms with E-state index in [4.69, 9.17) is 5.73 Å². The van der Waals surface area contributed by atoms with Crippen LogP contribution in [0.4, 0.5) is 15.8 Å². The van der Waals surface area contributed by atoms with E-state index in [1.807, 2.05) is 18.9 Å². The molecule has 2 atom stereocenters. The van der Waals surface area contributed by atoms with Crippen molar-refractivity contribution in [2.45, 2.75) is 33.2 Å². The number of nitrogens with one attached hydrogen (secondary N) is 1. The highest BCUT2D eigenvalue weighted by molar-refractivity contribution is 5.97. The Morgan fingerprint density at radius 2 is 2.10 bits per heavy atom. The normalized spacial score (nSPS) is 14.1. The van der Waals surface area contributed by atoms with Crippen LogP contribution in [-0.2, 0) is 4.79 Å². The molecule has 2 unspecified atom stereocenters. The number of carbonyl (C=O) groups excluding carboxylic acids is 1. The maximum absolute atomic E-state index is 13.0. The number of halogens is 1. The fourth-order valence-electron chi connectivity index (χ4n) is 1.86. The van der Waals surface area contributed by atoms with Gasteiger partial charge in [-0.15, -0.1) is 0 Å². The Bertz CT molecular complexity index is 464. The average molecular weight is 281 g/mol. The number of benzene rings is 1. The Hall–Kier alpha value is -1.62. The molecule has 1 aromatic carbocycles. The number of likely N-dealkylation sites (N-methyl/N-ethyl adjacent to an activating group) is 1. The van der Waals surface area contributed by atoms with Crippen LogP contribution in [0.5, 0.6) is 0 Å². The molecule has 112 valence electrons. The molecule has 0 heterocycles. The summed E-state index contributed by atoms with van der Waals surface area (Å²) in [5, 5.41) is 2.74. The first-order chi connectivity index (χ1) is 9.35. The van der Waals surface area contributed by atoms with Crippen molar-refractivity contribution in [3.05, 3.63) is 24.0 Å². The number of nitrogens with zero attached hydrogens (tertiary/aromatic N) is 1. The summed E-state index contributed by atoms with van der Waals surface area (Å²) in [5.74, 6) is -0.0253. The van der Waals surface area contributed by atoms with Gasteiger partial charge in [0, 0.05) is 6.54 Å². The van der Waals surface area contributed by atoms with Gasteiger partial charge in [-0.05, 0) is 38.1 Å². The molecule has 1 amide bonds. The van der Waals surface area contributed by atoms with Crippen molar-refractivity contribution in [3.63, 3.8) is 0 Å². The number of rotatable bonds is 6.